The number of benzene rings is 2. The second-order valence-corrected chi connectivity index (χ2v) is 5.96. The summed E-state index contributed by atoms with van der Waals surface area (Å²) < 4.78 is 13.3. The second-order valence-electron chi connectivity index (χ2n) is 5.96. The van der Waals surface area contributed by atoms with Gasteiger partial charge in [-0.25, -0.2) is 4.39 Å². The van der Waals surface area contributed by atoms with Crippen molar-refractivity contribution in [1.29, 1.82) is 0 Å². The molecular formula is C19H24FN. The fraction of sp³-hybridized carbons (Fsp3) is 0.368. The smallest absolute Gasteiger partial charge is 0.123 e. The minimum atomic E-state index is -0.184. The van der Waals surface area contributed by atoms with Crippen LogP contribution in [0.15, 0.2) is 36.4 Å². The van der Waals surface area contributed by atoms with Gasteiger partial charge in [-0.2, -0.15) is 0 Å². The van der Waals surface area contributed by atoms with Gasteiger partial charge in [0.1, 0.15) is 5.82 Å². The van der Waals surface area contributed by atoms with Crippen LogP contribution in [0.25, 0.3) is 0 Å². The lowest BCUT2D eigenvalue weighted by atomic mass is 9.95. The van der Waals surface area contributed by atoms with Crippen LogP contribution in [-0.2, 0) is 0 Å². The lowest BCUT2D eigenvalue weighted by Gasteiger charge is -2.23. The molecule has 2 unspecified atom stereocenters. The topological polar surface area (TPSA) is 12.0 Å². The Morgan fingerprint density at radius 3 is 2.19 bits per heavy atom. The molecule has 0 aromatic heterocycles. The molecule has 2 atom stereocenters. The van der Waals surface area contributed by atoms with Crippen LogP contribution in [0, 0.1) is 26.6 Å². The van der Waals surface area contributed by atoms with Crippen molar-refractivity contribution in [3.8, 4) is 0 Å². The molecule has 0 radical (unpaired) electrons. The van der Waals surface area contributed by atoms with Crippen molar-refractivity contribution >= 4 is 0 Å². The molecule has 2 rings (SSSR count). The van der Waals surface area contributed by atoms with Crippen LogP contribution >= 0.6 is 0 Å². The highest BCUT2D eigenvalue weighted by Gasteiger charge is 2.14. The monoisotopic (exact) mass is 285 g/mol. The Bertz CT molecular complexity index is 633. The number of aryl methyl sites for hydroxylation is 3. The molecule has 2 aromatic rings. The molecule has 0 saturated carbocycles. The van der Waals surface area contributed by atoms with Crippen molar-refractivity contribution in [2.45, 2.75) is 46.7 Å². The molecule has 0 heterocycles. The largest absolute Gasteiger partial charge is 0.304 e. The summed E-state index contributed by atoms with van der Waals surface area (Å²) in [5, 5.41) is 3.56. The summed E-state index contributed by atoms with van der Waals surface area (Å²) in [5.41, 5.74) is 6.21. The fourth-order valence-electron chi connectivity index (χ4n) is 2.79. The molecular weight excluding hydrogens is 261 g/mol. The van der Waals surface area contributed by atoms with Gasteiger partial charge in [-0.1, -0.05) is 24.3 Å². The summed E-state index contributed by atoms with van der Waals surface area (Å²) in [6.07, 6.45) is 0. The molecule has 0 bridgehead atoms. The summed E-state index contributed by atoms with van der Waals surface area (Å²) in [6.45, 7) is 10.7. The number of hydrogen-bond acceptors (Lipinski definition) is 1. The summed E-state index contributed by atoms with van der Waals surface area (Å²) in [4.78, 5) is 0. The normalized spacial score (nSPS) is 14.0. The van der Waals surface area contributed by atoms with E-state index in [-0.39, 0.29) is 17.9 Å². The van der Waals surface area contributed by atoms with Gasteiger partial charge < -0.3 is 5.32 Å². The van der Waals surface area contributed by atoms with Crippen LogP contribution in [0.4, 0.5) is 4.39 Å². The van der Waals surface area contributed by atoms with E-state index in [1.54, 1.807) is 12.1 Å². The highest BCUT2D eigenvalue weighted by Crippen LogP contribution is 2.24. The molecule has 0 aliphatic heterocycles. The molecule has 0 saturated heterocycles. The van der Waals surface area contributed by atoms with Gasteiger partial charge in [-0.3, -0.25) is 0 Å². The van der Waals surface area contributed by atoms with Gasteiger partial charge in [-0.05, 0) is 74.6 Å². The van der Waals surface area contributed by atoms with Gasteiger partial charge in [0.25, 0.3) is 0 Å². The zero-order valence-corrected chi connectivity index (χ0v) is 13.5. The van der Waals surface area contributed by atoms with Crippen LogP contribution in [0.2, 0.25) is 0 Å². The fourth-order valence-corrected chi connectivity index (χ4v) is 2.79. The summed E-state index contributed by atoms with van der Waals surface area (Å²) in [7, 11) is 0. The number of hydrogen-bond donors (Lipinski definition) is 1. The SMILES string of the molecule is Cc1cc(C)c(C(C)NC(C)c2cccc(F)c2)cc1C. The lowest BCUT2D eigenvalue weighted by Crippen LogP contribution is -2.23. The predicted octanol–water partition coefficient (Wildman–Crippen LogP) is 5.16. The zero-order chi connectivity index (χ0) is 15.6. The standard InChI is InChI=1S/C19H24FN/c1-12-9-14(3)19(10-13(12)2)16(5)21-15(4)17-7-6-8-18(20)11-17/h6-11,15-16,21H,1-5H3. The van der Waals surface area contributed by atoms with Crippen LogP contribution in [0.3, 0.4) is 0 Å². The van der Waals surface area contributed by atoms with Crippen LogP contribution in [-0.4, -0.2) is 0 Å². The first-order valence-electron chi connectivity index (χ1n) is 7.47. The second kappa shape index (κ2) is 6.40. The van der Waals surface area contributed by atoms with Crippen molar-refractivity contribution < 1.29 is 4.39 Å². The Morgan fingerprint density at radius 1 is 0.857 bits per heavy atom. The molecule has 2 aromatic carbocycles. The average Bonchev–Trinajstić information content (AvgIpc) is 2.42. The third-order valence-corrected chi connectivity index (χ3v) is 4.20. The zero-order valence-electron chi connectivity index (χ0n) is 13.5. The van der Waals surface area contributed by atoms with Crippen molar-refractivity contribution in [1.82, 2.24) is 5.32 Å². The maximum Gasteiger partial charge on any atom is 0.123 e. The lowest BCUT2D eigenvalue weighted by molar-refractivity contribution is 0.490. The van der Waals surface area contributed by atoms with Gasteiger partial charge >= 0.3 is 0 Å². The summed E-state index contributed by atoms with van der Waals surface area (Å²) in [6, 6.07) is 11.6. The maximum absolute atomic E-state index is 13.3. The van der Waals surface area contributed by atoms with E-state index in [9.17, 15) is 4.39 Å². The third kappa shape index (κ3) is 3.70. The molecule has 1 N–H and O–H groups in total. The van der Waals surface area contributed by atoms with Gasteiger partial charge in [-0.15, -0.1) is 0 Å². The highest BCUT2D eigenvalue weighted by atomic mass is 19.1. The average molecular weight is 285 g/mol. The van der Waals surface area contributed by atoms with Crippen molar-refractivity contribution in [3.05, 3.63) is 70.0 Å². The van der Waals surface area contributed by atoms with Crippen LogP contribution < -0.4 is 5.32 Å². The Hall–Kier alpha value is -1.67. The van der Waals surface area contributed by atoms with Gasteiger partial charge in [0.15, 0.2) is 0 Å². The number of rotatable bonds is 4. The van der Waals surface area contributed by atoms with Crippen molar-refractivity contribution in [2.24, 2.45) is 0 Å². The molecule has 21 heavy (non-hydrogen) atoms. The molecule has 2 heteroatoms. The maximum atomic E-state index is 13.3. The molecule has 0 spiro atoms. The van der Waals surface area contributed by atoms with E-state index >= 15 is 0 Å². The van der Waals surface area contributed by atoms with E-state index < -0.39 is 0 Å². The molecule has 0 amide bonds. The Morgan fingerprint density at radius 2 is 1.52 bits per heavy atom. The predicted molar refractivity (Wildman–Crippen MR) is 87.0 cm³/mol. The summed E-state index contributed by atoms with van der Waals surface area (Å²) in [5.74, 6) is -0.184. The van der Waals surface area contributed by atoms with Crippen LogP contribution in [0.5, 0.6) is 0 Å². The quantitative estimate of drug-likeness (QED) is 0.818. The summed E-state index contributed by atoms with van der Waals surface area (Å²) >= 11 is 0. The van der Waals surface area contributed by atoms with E-state index in [1.807, 2.05) is 6.07 Å². The van der Waals surface area contributed by atoms with E-state index in [2.05, 4.69) is 52.1 Å². The molecule has 0 aliphatic carbocycles. The molecule has 0 fully saturated rings. The minimum Gasteiger partial charge on any atom is -0.304 e. The number of nitrogens with one attached hydrogen (secondary N) is 1. The third-order valence-electron chi connectivity index (χ3n) is 4.20. The molecule has 1 nitrogen and oxygen atoms in total. The minimum absolute atomic E-state index is 0.108. The Kier molecular flexibility index (Phi) is 4.79. The van der Waals surface area contributed by atoms with Crippen molar-refractivity contribution in [2.75, 3.05) is 0 Å². The first kappa shape index (κ1) is 15.7. The van der Waals surface area contributed by atoms with E-state index in [1.165, 1.54) is 28.3 Å². The molecule has 0 aliphatic rings. The van der Waals surface area contributed by atoms with E-state index in [0.29, 0.717) is 0 Å². The van der Waals surface area contributed by atoms with Gasteiger partial charge in [0.2, 0.25) is 0 Å². The highest BCUT2D eigenvalue weighted by molar-refractivity contribution is 5.38. The van der Waals surface area contributed by atoms with Crippen LogP contribution in [0.1, 0.15) is 53.7 Å². The van der Waals surface area contributed by atoms with E-state index in [4.69, 9.17) is 0 Å². The first-order chi connectivity index (χ1) is 9.88. The first-order valence-corrected chi connectivity index (χ1v) is 7.47. The Labute approximate surface area is 127 Å². The van der Waals surface area contributed by atoms with E-state index in [0.717, 1.165) is 5.56 Å². The number of halogens is 1. The molecule has 112 valence electrons. The van der Waals surface area contributed by atoms with Gasteiger partial charge in [0.05, 0.1) is 0 Å². The van der Waals surface area contributed by atoms with Crippen molar-refractivity contribution in [3.63, 3.8) is 0 Å². The van der Waals surface area contributed by atoms with Gasteiger partial charge in [0, 0.05) is 12.1 Å². The Balaban J connectivity index is 2.18.